The quantitative estimate of drug-likeness (QED) is 0.615. The average Bonchev–Trinajstić information content (AvgIpc) is 2.61. The van der Waals surface area contributed by atoms with Gasteiger partial charge in [-0.05, 0) is 12.1 Å². The van der Waals surface area contributed by atoms with Gasteiger partial charge in [0.25, 0.3) is 0 Å². The molecule has 5 heteroatoms. The molecule has 0 fully saturated rings. The molecule has 2 aliphatic rings. The monoisotopic (exact) mass is 185 g/mol. The Morgan fingerprint density at radius 3 is 3.36 bits per heavy atom. The second-order valence-electron chi connectivity index (χ2n) is 2.98. The van der Waals surface area contributed by atoms with Crippen LogP contribution >= 0.6 is 0 Å². The van der Waals surface area contributed by atoms with E-state index in [1.165, 1.54) is 0 Å². The number of rotatable bonds is 0. The number of fused-ring (bicyclic) bond motifs is 3. The Labute approximate surface area is 80.5 Å². The smallest absolute Gasteiger partial charge is 0.175 e. The maximum Gasteiger partial charge on any atom is 0.175 e. The molecule has 3 heterocycles. The summed E-state index contributed by atoms with van der Waals surface area (Å²) in [6.07, 6.45) is 5.18. The molecular formula is C9H7N5. The molecule has 0 spiro atoms. The lowest BCUT2D eigenvalue weighted by Crippen LogP contribution is -2.17. The van der Waals surface area contributed by atoms with Gasteiger partial charge in [0.1, 0.15) is 12.4 Å². The normalized spacial score (nSPS) is 17.4. The number of aromatic nitrogens is 1. The van der Waals surface area contributed by atoms with Crippen LogP contribution in [-0.2, 0) is 0 Å². The first-order valence-electron chi connectivity index (χ1n) is 4.28. The minimum Gasteiger partial charge on any atom is -0.299 e. The van der Waals surface area contributed by atoms with E-state index in [0.717, 1.165) is 17.2 Å². The molecule has 0 saturated heterocycles. The Kier molecular flexibility index (Phi) is 1.44. The van der Waals surface area contributed by atoms with E-state index in [1.807, 2.05) is 17.0 Å². The highest BCUT2D eigenvalue weighted by atomic mass is 15.4. The molecule has 1 aromatic rings. The Morgan fingerprint density at radius 2 is 2.36 bits per heavy atom. The van der Waals surface area contributed by atoms with E-state index < -0.39 is 0 Å². The van der Waals surface area contributed by atoms with Gasteiger partial charge in [0.05, 0.1) is 18.1 Å². The maximum absolute atomic E-state index is 4.23. The van der Waals surface area contributed by atoms with Gasteiger partial charge in [-0.25, -0.2) is 0 Å². The molecule has 14 heavy (non-hydrogen) atoms. The van der Waals surface area contributed by atoms with E-state index in [-0.39, 0.29) is 0 Å². The van der Waals surface area contributed by atoms with Crippen LogP contribution < -0.4 is 4.90 Å². The van der Waals surface area contributed by atoms with Gasteiger partial charge in [-0.1, -0.05) is 0 Å². The van der Waals surface area contributed by atoms with Gasteiger partial charge in [-0.15, -0.1) is 5.11 Å². The van der Waals surface area contributed by atoms with Crippen molar-refractivity contribution in [2.24, 2.45) is 15.2 Å². The standard InChI is InChI=1S/C9H7N5/c1-2-8-7(11-3-1)4-10-5-9-13-12-6-14(8)9/h1-5H,6H2. The number of anilines is 1. The first-order chi connectivity index (χ1) is 6.95. The van der Waals surface area contributed by atoms with Crippen molar-refractivity contribution in [3.63, 3.8) is 0 Å². The van der Waals surface area contributed by atoms with Crippen molar-refractivity contribution >= 4 is 11.9 Å². The highest BCUT2D eigenvalue weighted by Crippen LogP contribution is 2.27. The summed E-state index contributed by atoms with van der Waals surface area (Å²) in [6.45, 7) is 0.549. The predicted octanol–water partition coefficient (Wildman–Crippen LogP) is 1.54. The number of nitrogens with zero attached hydrogens (tertiary/aromatic N) is 5. The van der Waals surface area contributed by atoms with Gasteiger partial charge in [0, 0.05) is 6.20 Å². The summed E-state index contributed by atoms with van der Waals surface area (Å²) in [4.78, 5) is 10.3. The lowest BCUT2D eigenvalue weighted by Gasteiger charge is -2.15. The first kappa shape index (κ1) is 7.37. The summed E-state index contributed by atoms with van der Waals surface area (Å²) in [6, 6.07) is 3.89. The second kappa shape index (κ2) is 2.73. The third-order valence-corrected chi connectivity index (χ3v) is 2.15. The van der Waals surface area contributed by atoms with Crippen LogP contribution in [0.15, 0.2) is 45.6 Å². The number of azo groups is 1. The van der Waals surface area contributed by atoms with E-state index in [1.54, 1.807) is 18.6 Å². The van der Waals surface area contributed by atoms with Crippen molar-refractivity contribution in [3.05, 3.63) is 36.0 Å². The molecule has 0 N–H and O–H groups in total. The van der Waals surface area contributed by atoms with E-state index in [9.17, 15) is 0 Å². The van der Waals surface area contributed by atoms with Crippen LogP contribution in [0.1, 0.15) is 5.69 Å². The zero-order valence-corrected chi connectivity index (χ0v) is 7.33. The SMILES string of the molecule is C1=NC=C2N=NCN2c2cccnc21. The van der Waals surface area contributed by atoms with E-state index >= 15 is 0 Å². The zero-order valence-electron chi connectivity index (χ0n) is 7.33. The summed E-state index contributed by atoms with van der Waals surface area (Å²) < 4.78 is 0. The summed E-state index contributed by atoms with van der Waals surface area (Å²) >= 11 is 0. The van der Waals surface area contributed by atoms with Gasteiger partial charge >= 0.3 is 0 Å². The molecule has 2 aliphatic heterocycles. The van der Waals surface area contributed by atoms with Crippen LogP contribution in [0.4, 0.5) is 5.69 Å². The van der Waals surface area contributed by atoms with Crippen LogP contribution in [0.3, 0.4) is 0 Å². The molecule has 0 atom stereocenters. The van der Waals surface area contributed by atoms with Gasteiger partial charge in [0.15, 0.2) is 5.82 Å². The molecule has 0 radical (unpaired) electrons. The second-order valence-corrected chi connectivity index (χ2v) is 2.98. The molecule has 0 aromatic carbocycles. The van der Waals surface area contributed by atoms with Gasteiger partial charge in [-0.2, -0.15) is 5.11 Å². The Hall–Kier alpha value is -2.04. The van der Waals surface area contributed by atoms with Crippen LogP contribution in [0.5, 0.6) is 0 Å². The lowest BCUT2D eigenvalue weighted by atomic mass is 10.3. The van der Waals surface area contributed by atoms with Crippen molar-refractivity contribution in [1.82, 2.24) is 4.98 Å². The van der Waals surface area contributed by atoms with Crippen LogP contribution in [0.25, 0.3) is 0 Å². The summed E-state index contributed by atoms with van der Waals surface area (Å²) in [7, 11) is 0. The molecular weight excluding hydrogens is 178 g/mol. The Morgan fingerprint density at radius 1 is 1.36 bits per heavy atom. The Balaban J connectivity index is 2.20. The summed E-state index contributed by atoms with van der Waals surface area (Å²) in [5, 5.41) is 7.94. The highest BCUT2D eigenvalue weighted by Gasteiger charge is 2.20. The zero-order chi connectivity index (χ0) is 9.38. The molecule has 68 valence electrons. The maximum atomic E-state index is 4.23. The minimum absolute atomic E-state index is 0.549. The minimum atomic E-state index is 0.549. The summed E-state index contributed by atoms with van der Waals surface area (Å²) in [5.74, 6) is 0.771. The van der Waals surface area contributed by atoms with Crippen LogP contribution in [0.2, 0.25) is 0 Å². The fraction of sp³-hybridized carbons (Fsp3) is 0.111. The molecule has 5 nitrogen and oxygen atoms in total. The average molecular weight is 185 g/mol. The molecule has 1 aromatic heterocycles. The van der Waals surface area contributed by atoms with Gasteiger partial charge < -0.3 is 0 Å². The molecule has 0 saturated carbocycles. The fourth-order valence-corrected chi connectivity index (χ4v) is 1.50. The number of hydrogen-bond acceptors (Lipinski definition) is 5. The van der Waals surface area contributed by atoms with Crippen molar-refractivity contribution in [2.75, 3.05) is 11.6 Å². The largest absolute Gasteiger partial charge is 0.299 e. The molecule has 0 amide bonds. The third kappa shape index (κ3) is 0.953. The predicted molar refractivity (Wildman–Crippen MR) is 52.1 cm³/mol. The summed E-state index contributed by atoms with van der Waals surface area (Å²) in [5.41, 5.74) is 1.86. The fourth-order valence-electron chi connectivity index (χ4n) is 1.50. The van der Waals surface area contributed by atoms with E-state index in [4.69, 9.17) is 0 Å². The lowest BCUT2D eigenvalue weighted by molar-refractivity contribution is 0.995. The molecule has 0 aliphatic carbocycles. The third-order valence-electron chi connectivity index (χ3n) is 2.15. The van der Waals surface area contributed by atoms with Crippen molar-refractivity contribution < 1.29 is 0 Å². The van der Waals surface area contributed by atoms with Crippen LogP contribution in [-0.4, -0.2) is 17.9 Å². The number of aliphatic imine (C=N–C) groups is 1. The first-order valence-corrected chi connectivity index (χ1v) is 4.28. The van der Waals surface area contributed by atoms with E-state index in [2.05, 4.69) is 20.2 Å². The topological polar surface area (TPSA) is 53.2 Å². The molecule has 0 unspecified atom stereocenters. The molecule has 3 rings (SSSR count). The van der Waals surface area contributed by atoms with Crippen molar-refractivity contribution in [3.8, 4) is 0 Å². The number of hydrogen-bond donors (Lipinski definition) is 0. The van der Waals surface area contributed by atoms with Gasteiger partial charge in [0.2, 0.25) is 0 Å². The van der Waals surface area contributed by atoms with Crippen molar-refractivity contribution in [2.45, 2.75) is 0 Å². The molecule has 0 bridgehead atoms. The Bertz CT molecular complexity index is 460. The number of pyridine rings is 1. The van der Waals surface area contributed by atoms with Gasteiger partial charge in [-0.3, -0.25) is 14.9 Å². The highest BCUT2D eigenvalue weighted by molar-refractivity contribution is 5.87. The van der Waals surface area contributed by atoms with Crippen molar-refractivity contribution in [1.29, 1.82) is 0 Å². The van der Waals surface area contributed by atoms with Crippen LogP contribution in [0, 0.1) is 0 Å². The van der Waals surface area contributed by atoms with E-state index in [0.29, 0.717) is 6.67 Å².